The zero-order chi connectivity index (χ0) is 17.5. The third-order valence-corrected chi connectivity index (χ3v) is 4.39. The Morgan fingerprint density at radius 1 is 0.840 bits per heavy atom. The lowest BCUT2D eigenvalue weighted by Crippen LogP contribution is -2.27. The highest BCUT2D eigenvalue weighted by molar-refractivity contribution is 5.91. The maximum atomic E-state index is 12.7. The normalized spacial score (nSPS) is 16.0. The molecule has 1 fully saturated rings. The van der Waals surface area contributed by atoms with Crippen LogP contribution in [0.3, 0.4) is 0 Å². The van der Waals surface area contributed by atoms with Crippen LogP contribution in [0.1, 0.15) is 54.1 Å². The Balaban J connectivity index is 1.75. The SMILES string of the molecule is O=C(OC(C(=O)OC1CCCCC1)c1ccccc1)c1ccccc1. The van der Waals surface area contributed by atoms with Crippen LogP contribution in [-0.2, 0) is 14.3 Å². The van der Waals surface area contributed by atoms with Crippen LogP contribution in [-0.4, -0.2) is 18.0 Å². The summed E-state index contributed by atoms with van der Waals surface area (Å²) in [6.07, 6.45) is 3.94. The topological polar surface area (TPSA) is 52.6 Å². The highest BCUT2D eigenvalue weighted by Crippen LogP contribution is 2.25. The Morgan fingerprint density at radius 3 is 2.08 bits per heavy atom. The molecule has 0 amide bonds. The minimum atomic E-state index is -1.05. The van der Waals surface area contributed by atoms with Crippen molar-refractivity contribution >= 4 is 11.9 Å². The lowest BCUT2D eigenvalue weighted by molar-refractivity contribution is -0.161. The van der Waals surface area contributed by atoms with Gasteiger partial charge < -0.3 is 9.47 Å². The van der Waals surface area contributed by atoms with E-state index in [0.29, 0.717) is 11.1 Å². The molecule has 3 rings (SSSR count). The second-order valence-corrected chi connectivity index (χ2v) is 6.26. The zero-order valence-electron chi connectivity index (χ0n) is 14.1. The molecule has 0 bridgehead atoms. The Kier molecular flexibility index (Phi) is 5.83. The average molecular weight is 338 g/mol. The molecule has 1 aliphatic carbocycles. The highest BCUT2D eigenvalue weighted by atomic mass is 16.6. The molecule has 0 N–H and O–H groups in total. The standard InChI is InChI=1S/C21H22O4/c22-20(17-12-6-2-7-13-17)25-19(16-10-4-1-5-11-16)21(23)24-18-14-8-3-9-15-18/h1-2,4-7,10-13,18-19H,3,8-9,14-15H2. The number of hydrogen-bond acceptors (Lipinski definition) is 4. The summed E-state index contributed by atoms with van der Waals surface area (Å²) in [6, 6.07) is 17.7. The van der Waals surface area contributed by atoms with Crippen LogP contribution in [0.5, 0.6) is 0 Å². The molecule has 0 aromatic heterocycles. The smallest absolute Gasteiger partial charge is 0.352 e. The van der Waals surface area contributed by atoms with Crippen molar-refractivity contribution < 1.29 is 19.1 Å². The summed E-state index contributed by atoms with van der Waals surface area (Å²) >= 11 is 0. The third-order valence-electron chi connectivity index (χ3n) is 4.39. The zero-order valence-corrected chi connectivity index (χ0v) is 14.1. The van der Waals surface area contributed by atoms with Crippen LogP contribution in [0.15, 0.2) is 60.7 Å². The van der Waals surface area contributed by atoms with E-state index >= 15 is 0 Å². The summed E-state index contributed by atoms with van der Waals surface area (Å²) in [4.78, 5) is 25.1. The molecule has 4 heteroatoms. The van der Waals surface area contributed by atoms with Crippen LogP contribution >= 0.6 is 0 Å². The molecule has 1 atom stereocenters. The molecular formula is C21H22O4. The van der Waals surface area contributed by atoms with Crippen molar-refractivity contribution in [3.63, 3.8) is 0 Å². The molecule has 0 aliphatic heterocycles. The summed E-state index contributed by atoms with van der Waals surface area (Å²) in [7, 11) is 0. The Morgan fingerprint density at radius 2 is 1.44 bits per heavy atom. The van der Waals surface area contributed by atoms with Crippen molar-refractivity contribution in [2.24, 2.45) is 0 Å². The van der Waals surface area contributed by atoms with E-state index in [1.54, 1.807) is 36.4 Å². The van der Waals surface area contributed by atoms with Crippen molar-refractivity contribution in [2.45, 2.75) is 44.3 Å². The van der Waals surface area contributed by atoms with Crippen LogP contribution < -0.4 is 0 Å². The largest absolute Gasteiger partial charge is 0.459 e. The first kappa shape index (κ1) is 17.2. The lowest BCUT2D eigenvalue weighted by Gasteiger charge is -2.24. The molecule has 0 radical (unpaired) electrons. The van der Waals surface area contributed by atoms with Gasteiger partial charge >= 0.3 is 11.9 Å². The lowest BCUT2D eigenvalue weighted by atomic mass is 9.98. The predicted octanol–water partition coefficient (Wildman–Crippen LogP) is 4.46. The summed E-state index contributed by atoms with van der Waals surface area (Å²) in [5.41, 5.74) is 1.03. The first-order valence-electron chi connectivity index (χ1n) is 8.75. The van der Waals surface area contributed by atoms with Gasteiger partial charge in [-0.1, -0.05) is 55.0 Å². The summed E-state index contributed by atoms with van der Waals surface area (Å²) in [5, 5.41) is 0. The van der Waals surface area contributed by atoms with Crippen LogP contribution in [0.4, 0.5) is 0 Å². The average Bonchev–Trinajstić information content (AvgIpc) is 2.68. The van der Waals surface area contributed by atoms with E-state index in [-0.39, 0.29) is 6.10 Å². The molecular weight excluding hydrogens is 316 g/mol. The van der Waals surface area contributed by atoms with E-state index < -0.39 is 18.0 Å². The van der Waals surface area contributed by atoms with Crippen molar-refractivity contribution in [2.75, 3.05) is 0 Å². The van der Waals surface area contributed by atoms with Gasteiger partial charge in [-0.2, -0.15) is 0 Å². The fourth-order valence-electron chi connectivity index (χ4n) is 3.04. The first-order valence-corrected chi connectivity index (χ1v) is 8.75. The van der Waals surface area contributed by atoms with E-state index in [0.717, 1.165) is 25.7 Å². The quantitative estimate of drug-likeness (QED) is 0.755. The highest BCUT2D eigenvalue weighted by Gasteiger charge is 2.29. The van der Waals surface area contributed by atoms with Crippen molar-refractivity contribution in [1.29, 1.82) is 0 Å². The fourth-order valence-corrected chi connectivity index (χ4v) is 3.04. The Hall–Kier alpha value is -2.62. The van der Waals surface area contributed by atoms with Gasteiger partial charge in [0, 0.05) is 5.56 Å². The Bertz CT molecular complexity index is 690. The number of rotatable bonds is 5. The van der Waals surface area contributed by atoms with Gasteiger partial charge in [0.2, 0.25) is 6.10 Å². The number of hydrogen-bond donors (Lipinski definition) is 0. The number of carbonyl (C=O) groups excluding carboxylic acids is 2. The van der Waals surface area contributed by atoms with E-state index in [9.17, 15) is 9.59 Å². The van der Waals surface area contributed by atoms with Crippen LogP contribution in [0, 0.1) is 0 Å². The summed E-state index contributed by atoms with van der Waals surface area (Å²) in [6.45, 7) is 0. The fraction of sp³-hybridized carbons (Fsp3) is 0.333. The van der Waals surface area contributed by atoms with Gasteiger partial charge in [-0.15, -0.1) is 0 Å². The molecule has 2 aromatic rings. The second kappa shape index (κ2) is 8.47. The minimum Gasteiger partial charge on any atom is -0.459 e. The second-order valence-electron chi connectivity index (χ2n) is 6.26. The van der Waals surface area contributed by atoms with E-state index in [1.165, 1.54) is 6.42 Å². The van der Waals surface area contributed by atoms with E-state index in [4.69, 9.17) is 9.47 Å². The number of carbonyl (C=O) groups is 2. The van der Waals surface area contributed by atoms with Crippen LogP contribution in [0.2, 0.25) is 0 Å². The predicted molar refractivity (Wildman–Crippen MR) is 94.0 cm³/mol. The summed E-state index contributed by atoms with van der Waals surface area (Å²) in [5.74, 6) is -1.03. The maximum Gasteiger partial charge on any atom is 0.352 e. The maximum absolute atomic E-state index is 12.7. The van der Waals surface area contributed by atoms with Crippen molar-refractivity contribution in [3.8, 4) is 0 Å². The number of ether oxygens (including phenoxy) is 2. The van der Waals surface area contributed by atoms with Gasteiger partial charge in [0.15, 0.2) is 0 Å². The van der Waals surface area contributed by atoms with Gasteiger partial charge in [-0.25, -0.2) is 9.59 Å². The van der Waals surface area contributed by atoms with E-state index in [1.807, 2.05) is 24.3 Å². The minimum absolute atomic E-state index is 0.0807. The molecule has 0 spiro atoms. The number of esters is 2. The molecule has 4 nitrogen and oxygen atoms in total. The Labute approximate surface area is 147 Å². The molecule has 130 valence electrons. The van der Waals surface area contributed by atoms with Gasteiger partial charge in [-0.05, 0) is 37.8 Å². The van der Waals surface area contributed by atoms with E-state index in [2.05, 4.69) is 0 Å². The molecule has 2 aromatic carbocycles. The van der Waals surface area contributed by atoms with Crippen molar-refractivity contribution in [3.05, 3.63) is 71.8 Å². The van der Waals surface area contributed by atoms with Crippen molar-refractivity contribution in [1.82, 2.24) is 0 Å². The first-order chi connectivity index (χ1) is 12.2. The molecule has 25 heavy (non-hydrogen) atoms. The molecule has 0 saturated heterocycles. The third kappa shape index (κ3) is 4.69. The summed E-state index contributed by atoms with van der Waals surface area (Å²) < 4.78 is 11.1. The monoisotopic (exact) mass is 338 g/mol. The van der Waals surface area contributed by atoms with Crippen LogP contribution in [0.25, 0.3) is 0 Å². The molecule has 1 saturated carbocycles. The number of benzene rings is 2. The molecule has 0 heterocycles. The van der Waals surface area contributed by atoms with Gasteiger partial charge in [0.05, 0.1) is 5.56 Å². The van der Waals surface area contributed by atoms with Gasteiger partial charge in [-0.3, -0.25) is 0 Å². The molecule has 1 aliphatic rings. The van der Waals surface area contributed by atoms with Gasteiger partial charge in [0.25, 0.3) is 0 Å². The van der Waals surface area contributed by atoms with Gasteiger partial charge in [0.1, 0.15) is 6.10 Å². The molecule has 1 unspecified atom stereocenters.